The monoisotopic (exact) mass is 483 g/mol. The average molecular weight is 484 g/mol. The van der Waals surface area contributed by atoms with E-state index < -0.39 is 0 Å². The number of aromatic nitrogens is 2. The van der Waals surface area contributed by atoms with Crippen LogP contribution in [0.1, 0.15) is 48.9 Å². The molecule has 6 rings (SSSR count). The molecule has 1 saturated carbocycles. The van der Waals surface area contributed by atoms with Gasteiger partial charge in [-0.2, -0.15) is 16.3 Å². The van der Waals surface area contributed by atoms with E-state index in [2.05, 4.69) is 77.1 Å². The molecule has 2 heterocycles. The Labute approximate surface area is 209 Å². The minimum Gasteiger partial charge on any atom is -0.334 e. The van der Waals surface area contributed by atoms with Crippen LogP contribution in [0.4, 0.5) is 0 Å². The topological polar surface area (TPSA) is 59.2 Å². The largest absolute Gasteiger partial charge is 0.334 e. The normalized spacial score (nSPS) is 21.2. The molecule has 5 nitrogen and oxygen atoms in total. The third-order valence-electron chi connectivity index (χ3n) is 7.76. The first-order valence-corrected chi connectivity index (χ1v) is 13.4. The number of hydrogen-bond acceptors (Lipinski definition) is 6. The summed E-state index contributed by atoms with van der Waals surface area (Å²) in [4.78, 5) is 18.4. The fraction of sp³-hybridized carbons (Fsp3) is 0.345. The molecule has 35 heavy (non-hydrogen) atoms. The van der Waals surface area contributed by atoms with Gasteiger partial charge in [0.1, 0.15) is 6.29 Å². The Balaban J connectivity index is 1.22. The van der Waals surface area contributed by atoms with E-state index in [1.807, 2.05) is 0 Å². The van der Waals surface area contributed by atoms with Crippen molar-refractivity contribution in [1.82, 2.24) is 15.0 Å². The predicted octanol–water partition coefficient (Wildman–Crippen LogP) is 6.73. The van der Waals surface area contributed by atoms with Crippen molar-refractivity contribution in [2.45, 2.75) is 51.6 Å². The Morgan fingerprint density at radius 2 is 1.97 bits per heavy atom. The van der Waals surface area contributed by atoms with Crippen molar-refractivity contribution < 1.29 is 9.32 Å². The first kappa shape index (κ1) is 22.4. The number of fused-ring (bicyclic) bond motifs is 1. The molecule has 2 aromatic carbocycles. The van der Waals surface area contributed by atoms with Gasteiger partial charge in [0, 0.05) is 29.1 Å². The van der Waals surface area contributed by atoms with Crippen molar-refractivity contribution in [2.75, 3.05) is 6.54 Å². The van der Waals surface area contributed by atoms with Crippen molar-refractivity contribution in [3.05, 3.63) is 69.9 Å². The van der Waals surface area contributed by atoms with Crippen LogP contribution in [-0.2, 0) is 11.2 Å². The lowest BCUT2D eigenvalue weighted by molar-refractivity contribution is -0.115. The fourth-order valence-electron chi connectivity index (χ4n) is 5.82. The van der Waals surface area contributed by atoms with Gasteiger partial charge in [-0.1, -0.05) is 30.3 Å². The lowest BCUT2D eigenvalue weighted by Gasteiger charge is -2.44. The summed E-state index contributed by atoms with van der Waals surface area (Å²) in [5.74, 6) is 1.43. The number of thiophene rings is 1. The summed E-state index contributed by atoms with van der Waals surface area (Å²) in [6.45, 7) is 5.37. The van der Waals surface area contributed by atoms with Gasteiger partial charge in [0.25, 0.3) is 5.89 Å². The molecule has 1 atom stereocenters. The molecular formula is C29H29N3O2S. The molecule has 0 amide bonds. The zero-order valence-corrected chi connectivity index (χ0v) is 20.9. The molecule has 2 aliphatic carbocycles. The number of aryl methyl sites for hydroxylation is 2. The molecule has 2 aliphatic rings. The van der Waals surface area contributed by atoms with Crippen LogP contribution in [0.2, 0.25) is 0 Å². The lowest BCUT2D eigenvalue weighted by Crippen LogP contribution is -2.46. The van der Waals surface area contributed by atoms with Crippen LogP contribution in [0, 0.1) is 12.8 Å². The van der Waals surface area contributed by atoms with E-state index in [0.717, 1.165) is 49.6 Å². The van der Waals surface area contributed by atoms with Gasteiger partial charge < -0.3 is 9.32 Å². The van der Waals surface area contributed by atoms with E-state index in [-0.39, 0.29) is 5.92 Å². The maximum absolute atomic E-state index is 11.1. The lowest BCUT2D eigenvalue weighted by atomic mass is 9.79. The standard InChI is InChI=1S/C29H29N3O2S/c1-3-32(24-13-19(14-24)16-33)27-9-6-20-15-21(4-8-26(20)27)28-30-29(34-31-28)22-5-7-25(18(2)12-22)23-10-11-35-17-23/h4-5,7-8,10-12,15-17,19,24,27H,3,6,9,13-14H2,1-2H3/t19-,24-,27?. The molecular weight excluding hydrogens is 454 g/mol. The highest BCUT2D eigenvalue weighted by molar-refractivity contribution is 7.08. The third-order valence-corrected chi connectivity index (χ3v) is 8.44. The average Bonchev–Trinajstić information content (AvgIpc) is 3.61. The van der Waals surface area contributed by atoms with Crippen LogP contribution in [0.5, 0.6) is 0 Å². The smallest absolute Gasteiger partial charge is 0.258 e. The molecule has 1 fully saturated rings. The van der Waals surface area contributed by atoms with Crippen molar-refractivity contribution in [1.29, 1.82) is 0 Å². The fourth-order valence-corrected chi connectivity index (χ4v) is 6.48. The second-order valence-corrected chi connectivity index (χ2v) is 10.6. The van der Waals surface area contributed by atoms with E-state index in [1.165, 1.54) is 27.8 Å². The van der Waals surface area contributed by atoms with Gasteiger partial charge in [-0.15, -0.1) is 0 Å². The Kier molecular flexibility index (Phi) is 5.86. The van der Waals surface area contributed by atoms with E-state index in [9.17, 15) is 4.79 Å². The summed E-state index contributed by atoms with van der Waals surface area (Å²) in [6.07, 6.45) is 5.31. The van der Waals surface area contributed by atoms with Gasteiger partial charge in [0.05, 0.1) is 0 Å². The number of carbonyl (C=O) groups is 1. The first-order valence-electron chi connectivity index (χ1n) is 12.5. The molecule has 0 aliphatic heterocycles. The highest BCUT2D eigenvalue weighted by Crippen LogP contribution is 2.42. The minimum atomic E-state index is 0.250. The highest BCUT2D eigenvalue weighted by Gasteiger charge is 2.38. The number of nitrogens with zero attached hydrogens (tertiary/aromatic N) is 3. The van der Waals surface area contributed by atoms with Gasteiger partial charge in [-0.3, -0.25) is 4.90 Å². The summed E-state index contributed by atoms with van der Waals surface area (Å²) < 4.78 is 5.67. The van der Waals surface area contributed by atoms with Crippen molar-refractivity contribution in [2.24, 2.45) is 5.92 Å². The van der Waals surface area contributed by atoms with Crippen LogP contribution in [0.25, 0.3) is 34.0 Å². The van der Waals surface area contributed by atoms with Gasteiger partial charge in [0.2, 0.25) is 5.82 Å². The highest BCUT2D eigenvalue weighted by atomic mass is 32.1. The van der Waals surface area contributed by atoms with Crippen LogP contribution >= 0.6 is 11.3 Å². The van der Waals surface area contributed by atoms with Crippen LogP contribution in [-0.4, -0.2) is 33.9 Å². The molecule has 0 spiro atoms. The second kappa shape index (κ2) is 9.17. The maximum Gasteiger partial charge on any atom is 0.258 e. The van der Waals surface area contributed by atoms with Gasteiger partial charge in [-0.05, 0) is 102 Å². The molecule has 4 aromatic rings. The molecule has 0 bridgehead atoms. The SMILES string of the molecule is CCN(C1CCc2cc(-c3noc(-c4ccc(-c5ccsc5)c(C)c4)n3)ccc21)[C@H]1C[C@H](C=O)C1. The zero-order valence-electron chi connectivity index (χ0n) is 20.1. The molecule has 178 valence electrons. The maximum atomic E-state index is 11.1. The third kappa shape index (κ3) is 4.05. The number of carbonyl (C=O) groups excluding carboxylic acids is 1. The summed E-state index contributed by atoms with van der Waals surface area (Å²) >= 11 is 1.71. The van der Waals surface area contributed by atoms with Crippen molar-refractivity contribution in [3.63, 3.8) is 0 Å². The number of rotatable bonds is 7. The zero-order chi connectivity index (χ0) is 23.9. The van der Waals surface area contributed by atoms with Gasteiger partial charge in [-0.25, -0.2) is 0 Å². The molecule has 1 unspecified atom stereocenters. The van der Waals surface area contributed by atoms with Crippen LogP contribution in [0.3, 0.4) is 0 Å². The van der Waals surface area contributed by atoms with Crippen molar-refractivity contribution in [3.8, 4) is 34.0 Å². The van der Waals surface area contributed by atoms with Gasteiger partial charge >= 0.3 is 0 Å². The van der Waals surface area contributed by atoms with Crippen molar-refractivity contribution >= 4 is 17.6 Å². The van der Waals surface area contributed by atoms with Crippen LogP contribution in [0.15, 0.2) is 57.7 Å². The summed E-state index contributed by atoms with van der Waals surface area (Å²) in [6, 6.07) is 16.0. The first-order chi connectivity index (χ1) is 17.1. The van der Waals surface area contributed by atoms with E-state index >= 15 is 0 Å². The molecule has 0 saturated heterocycles. The Bertz CT molecular complexity index is 1350. The van der Waals surface area contributed by atoms with Gasteiger partial charge in [0.15, 0.2) is 0 Å². The van der Waals surface area contributed by atoms with E-state index in [0.29, 0.717) is 23.8 Å². The molecule has 2 aromatic heterocycles. The number of benzene rings is 2. The molecule has 6 heteroatoms. The van der Waals surface area contributed by atoms with E-state index in [1.54, 1.807) is 11.3 Å². The molecule has 0 radical (unpaired) electrons. The summed E-state index contributed by atoms with van der Waals surface area (Å²) in [5.41, 5.74) is 8.38. The Morgan fingerprint density at radius 3 is 2.71 bits per heavy atom. The number of hydrogen-bond donors (Lipinski definition) is 0. The second-order valence-electron chi connectivity index (χ2n) is 9.78. The summed E-state index contributed by atoms with van der Waals surface area (Å²) in [5, 5.41) is 8.57. The van der Waals surface area contributed by atoms with E-state index in [4.69, 9.17) is 9.51 Å². The summed E-state index contributed by atoms with van der Waals surface area (Å²) in [7, 11) is 0. The molecule has 0 N–H and O–H groups in total. The van der Waals surface area contributed by atoms with Crippen LogP contribution < -0.4 is 0 Å². The number of aldehydes is 1. The predicted molar refractivity (Wildman–Crippen MR) is 139 cm³/mol. The minimum absolute atomic E-state index is 0.250. The Hall–Kier alpha value is -3.09. The quantitative estimate of drug-likeness (QED) is 0.273. The Morgan fingerprint density at radius 1 is 1.11 bits per heavy atom.